The van der Waals surface area contributed by atoms with Gasteiger partial charge in [0.2, 0.25) is 0 Å². The van der Waals surface area contributed by atoms with Gasteiger partial charge in [-0.05, 0) is 32.0 Å². The summed E-state index contributed by atoms with van der Waals surface area (Å²) in [5, 5.41) is 8.85. The van der Waals surface area contributed by atoms with Crippen LogP contribution in [0, 0.1) is 29.1 Å². The third-order valence-corrected chi connectivity index (χ3v) is 2.83. The minimum atomic E-state index is -0.181. The van der Waals surface area contributed by atoms with Gasteiger partial charge in [0.1, 0.15) is 0 Å². The first-order chi connectivity index (χ1) is 9.62. The molecule has 0 fully saturated rings. The molecule has 0 aliphatic carbocycles. The largest absolute Gasteiger partial charge is 0.338 e. The van der Waals surface area contributed by atoms with E-state index < -0.39 is 0 Å². The van der Waals surface area contributed by atoms with Crippen molar-refractivity contribution in [2.24, 2.45) is 11.7 Å². The number of hydrogen-bond acceptors (Lipinski definition) is 3. The fourth-order valence-electron chi connectivity index (χ4n) is 1.79. The van der Waals surface area contributed by atoms with Crippen molar-refractivity contribution < 1.29 is 4.79 Å². The first-order valence-electron chi connectivity index (χ1n) is 6.60. The van der Waals surface area contributed by atoms with Gasteiger partial charge in [0.05, 0.1) is 18.5 Å². The number of carbonyl (C=O) groups excluding carboxylic acids is 1. The predicted octanol–water partition coefficient (Wildman–Crippen LogP) is 1.62. The molecule has 0 radical (unpaired) electrons. The first kappa shape index (κ1) is 15.8. The molecule has 0 spiro atoms. The molecule has 0 aromatic heterocycles. The third kappa shape index (κ3) is 4.42. The van der Waals surface area contributed by atoms with Crippen LogP contribution in [0.15, 0.2) is 24.3 Å². The zero-order chi connectivity index (χ0) is 15.0. The molecule has 20 heavy (non-hydrogen) atoms. The van der Waals surface area contributed by atoms with E-state index in [0.29, 0.717) is 25.2 Å². The molecule has 4 nitrogen and oxygen atoms in total. The highest BCUT2D eigenvalue weighted by Crippen LogP contribution is 2.09. The van der Waals surface area contributed by atoms with Gasteiger partial charge in [0.25, 0.3) is 5.91 Å². The van der Waals surface area contributed by atoms with Crippen LogP contribution in [0.1, 0.15) is 29.8 Å². The van der Waals surface area contributed by atoms with E-state index in [1.54, 1.807) is 30.0 Å². The van der Waals surface area contributed by atoms with Gasteiger partial charge >= 0.3 is 0 Å². The Morgan fingerprint density at radius 3 is 2.85 bits per heavy atom. The Morgan fingerprint density at radius 1 is 1.50 bits per heavy atom. The second-order valence-corrected chi connectivity index (χ2v) is 4.46. The summed E-state index contributed by atoms with van der Waals surface area (Å²) in [6.45, 7) is 5.01. The van der Waals surface area contributed by atoms with Gasteiger partial charge in [-0.25, -0.2) is 0 Å². The van der Waals surface area contributed by atoms with Gasteiger partial charge in [0, 0.05) is 24.2 Å². The van der Waals surface area contributed by atoms with E-state index in [-0.39, 0.29) is 11.8 Å². The molecule has 4 heteroatoms. The van der Waals surface area contributed by atoms with Crippen molar-refractivity contribution in [3.8, 4) is 17.9 Å². The van der Waals surface area contributed by atoms with Gasteiger partial charge in [-0.2, -0.15) is 5.26 Å². The van der Waals surface area contributed by atoms with Crippen molar-refractivity contribution in [3.05, 3.63) is 35.4 Å². The lowest BCUT2D eigenvalue weighted by Gasteiger charge is -2.22. The Morgan fingerprint density at radius 2 is 2.25 bits per heavy atom. The lowest BCUT2D eigenvalue weighted by atomic mass is 10.1. The molecule has 2 N–H and O–H groups in total. The Kier molecular flexibility index (Phi) is 6.29. The summed E-state index contributed by atoms with van der Waals surface area (Å²) >= 11 is 0. The molecule has 1 aromatic rings. The van der Waals surface area contributed by atoms with E-state index in [1.165, 1.54) is 0 Å². The number of nitrogens with two attached hydrogens (primary N) is 1. The summed E-state index contributed by atoms with van der Waals surface area (Å²) in [5.74, 6) is 5.42. The SMILES string of the molecule is CCN(CC(C)C#N)C(=O)c1cccc(C#CCN)c1. The maximum atomic E-state index is 12.4. The second kappa shape index (κ2) is 7.99. The van der Waals surface area contributed by atoms with E-state index in [9.17, 15) is 4.79 Å². The summed E-state index contributed by atoms with van der Waals surface area (Å²) in [7, 11) is 0. The number of benzene rings is 1. The van der Waals surface area contributed by atoms with Crippen LogP contribution in [-0.4, -0.2) is 30.4 Å². The number of rotatable bonds is 4. The molecular weight excluding hydrogens is 250 g/mol. The third-order valence-electron chi connectivity index (χ3n) is 2.83. The van der Waals surface area contributed by atoms with Crippen LogP contribution in [-0.2, 0) is 0 Å². The van der Waals surface area contributed by atoms with Crippen LogP contribution in [0.3, 0.4) is 0 Å². The highest BCUT2D eigenvalue weighted by Gasteiger charge is 2.16. The average molecular weight is 269 g/mol. The highest BCUT2D eigenvalue weighted by atomic mass is 16.2. The number of amides is 1. The Labute approximate surface area is 120 Å². The molecule has 1 atom stereocenters. The van der Waals surface area contributed by atoms with Crippen molar-refractivity contribution in [2.75, 3.05) is 19.6 Å². The molecule has 0 saturated carbocycles. The van der Waals surface area contributed by atoms with E-state index in [1.807, 2.05) is 13.0 Å². The van der Waals surface area contributed by atoms with Crippen LogP contribution in [0.5, 0.6) is 0 Å². The normalized spacial score (nSPS) is 10.9. The van der Waals surface area contributed by atoms with Crippen LogP contribution >= 0.6 is 0 Å². The van der Waals surface area contributed by atoms with E-state index in [0.717, 1.165) is 5.56 Å². The van der Waals surface area contributed by atoms with E-state index in [4.69, 9.17) is 11.0 Å². The quantitative estimate of drug-likeness (QED) is 0.844. The summed E-state index contributed by atoms with van der Waals surface area (Å²) < 4.78 is 0. The molecular formula is C16H19N3O. The predicted molar refractivity (Wildman–Crippen MR) is 78.7 cm³/mol. The first-order valence-corrected chi connectivity index (χ1v) is 6.60. The van der Waals surface area contributed by atoms with E-state index in [2.05, 4.69) is 17.9 Å². The molecule has 1 amide bonds. The van der Waals surface area contributed by atoms with Crippen molar-refractivity contribution >= 4 is 5.91 Å². The number of nitriles is 1. The minimum Gasteiger partial charge on any atom is -0.338 e. The van der Waals surface area contributed by atoms with Crippen LogP contribution in [0.4, 0.5) is 0 Å². The zero-order valence-electron chi connectivity index (χ0n) is 11.9. The summed E-state index contributed by atoms with van der Waals surface area (Å²) in [6.07, 6.45) is 0. The van der Waals surface area contributed by atoms with Gasteiger partial charge in [-0.3, -0.25) is 4.79 Å². The number of hydrogen-bond donors (Lipinski definition) is 1. The highest BCUT2D eigenvalue weighted by molar-refractivity contribution is 5.94. The smallest absolute Gasteiger partial charge is 0.253 e. The Balaban J connectivity index is 2.92. The van der Waals surface area contributed by atoms with E-state index >= 15 is 0 Å². The fourth-order valence-corrected chi connectivity index (χ4v) is 1.79. The number of nitrogens with zero attached hydrogens (tertiary/aromatic N) is 2. The molecule has 1 aromatic carbocycles. The topological polar surface area (TPSA) is 70.1 Å². The lowest BCUT2D eigenvalue weighted by Crippen LogP contribution is -2.34. The molecule has 0 aliphatic heterocycles. The molecule has 0 aliphatic rings. The van der Waals surface area contributed by atoms with Crippen LogP contribution < -0.4 is 5.73 Å². The zero-order valence-corrected chi connectivity index (χ0v) is 11.9. The van der Waals surface area contributed by atoms with Crippen molar-refractivity contribution in [1.29, 1.82) is 5.26 Å². The summed E-state index contributed by atoms with van der Waals surface area (Å²) in [4.78, 5) is 14.1. The average Bonchev–Trinajstić information content (AvgIpc) is 2.49. The van der Waals surface area contributed by atoms with Crippen molar-refractivity contribution in [1.82, 2.24) is 4.90 Å². The standard InChI is InChI=1S/C16H19N3O/c1-3-19(12-13(2)11-18)16(20)15-8-4-6-14(10-15)7-5-9-17/h4,6,8,10,13H,3,9,12,17H2,1-2H3. The van der Waals surface area contributed by atoms with Crippen LogP contribution in [0.25, 0.3) is 0 Å². The summed E-state index contributed by atoms with van der Waals surface area (Å²) in [5.41, 5.74) is 6.69. The molecule has 0 saturated heterocycles. The molecule has 0 heterocycles. The molecule has 104 valence electrons. The van der Waals surface area contributed by atoms with Gasteiger partial charge in [-0.1, -0.05) is 17.9 Å². The molecule has 1 unspecified atom stereocenters. The monoisotopic (exact) mass is 269 g/mol. The number of carbonyl (C=O) groups is 1. The fraction of sp³-hybridized carbons (Fsp3) is 0.375. The maximum Gasteiger partial charge on any atom is 0.253 e. The van der Waals surface area contributed by atoms with Crippen molar-refractivity contribution in [3.63, 3.8) is 0 Å². The minimum absolute atomic E-state index is 0.0778. The summed E-state index contributed by atoms with van der Waals surface area (Å²) in [6, 6.07) is 9.30. The molecule has 0 bridgehead atoms. The Hall–Kier alpha value is -2.30. The molecule has 1 rings (SSSR count). The van der Waals surface area contributed by atoms with Crippen LogP contribution in [0.2, 0.25) is 0 Å². The lowest BCUT2D eigenvalue weighted by molar-refractivity contribution is 0.0752. The van der Waals surface area contributed by atoms with Crippen molar-refractivity contribution in [2.45, 2.75) is 13.8 Å². The van der Waals surface area contributed by atoms with Gasteiger partial charge in [0.15, 0.2) is 0 Å². The second-order valence-electron chi connectivity index (χ2n) is 4.46. The van der Waals surface area contributed by atoms with Gasteiger partial charge < -0.3 is 10.6 Å². The Bertz CT molecular complexity index is 563. The van der Waals surface area contributed by atoms with Gasteiger partial charge in [-0.15, -0.1) is 0 Å². The maximum absolute atomic E-state index is 12.4.